The lowest BCUT2D eigenvalue weighted by Gasteiger charge is -2.05. The van der Waals surface area contributed by atoms with Crippen molar-refractivity contribution >= 4 is 15.9 Å². The minimum Gasteiger partial charge on any atom is -0.106 e. The molecule has 1 rings (SSSR count). The molecule has 0 aliphatic rings. The molecule has 0 fully saturated rings. The Morgan fingerprint density at radius 3 is 2.54 bits per heavy atom. The third kappa shape index (κ3) is 2.60. The highest BCUT2D eigenvalue weighted by atomic mass is 79.9. The summed E-state index contributed by atoms with van der Waals surface area (Å²) in [5.74, 6) is 5.99. The van der Waals surface area contributed by atoms with E-state index >= 15 is 0 Å². The summed E-state index contributed by atoms with van der Waals surface area (Å²) in [7, 11) is 0. The third-order valence-corrected chi connectivity index (χ3v) is 2.93. The van der Waals surface area contributed by atoms with Gasteiger partial charge in [-0.2, -0.15) is 0 Å². The highest BCUT2D eigenvalue weighted by Crippen LogP contribution is 2.21. The number of hydrogen-bond acceptors (Lipinski definition) is 0. The smallest absolute Gasteiger partial charge is 0.0343 e. The van der Waals surface area contributed by atoms with Gasteiger partial charge in [0.2, 0.25) is 0 Å². The highest BCUT2D eigenvalue weighted by molar-refractivity contribution is 9.10. The molecule has 0 radical (unpaired) electrons. The Morgan fingerprint density at radius 1 is 1.23 bits per heavy atom. The molecule has 0 spiro atoms. The highest BCUT2D eigenvalue weighted by Gasteiger charge is 2.00. The van der Waals surface area contributed by atoms with E-state index in [1.54, 1.807) is 0 Å². The molecule has 1 aromatic carbocycles. The van der Waals surface area contributed by atoms with E-state index in [0.717, 1.165) is 6.42 Å². The van der Waals surface area contributed by atoms with Crippen LogP contribution in [0.3, 0.4) is 0 Å². The van der Waals surface area contributed by atoms with Crippen molar-refractivity contribution in [1.29, 1.82) is 0 Å². The van der Waals surface area contributed by atoms with E-state index in [1.807, 2.05) is 6.92 Å². The SMILES string of the molecule is CC#CCc1cc(Br)c(C)cc1C. The number of aryl methyl sites for hydroxylation is 2. The zero-order chi connectivity index (χ0) is 9.84. The van der Waals surface area contributed by atoms with Crippen LogP contribution < -0.4 is 0 Å². The molecule has 1 aromatic rings. The average Bonchev–Trinajstić information content (AvgIpc) is 2.09. The van der Waals surface area contributed by atoms with Gasteiger partial charge in [-0.05, 0) is 43.5 Å². The molecule has 13 heavy (non-hydrogen) atoms. The van der Waals surface area contributed by atoms with Gasteiger partial charge in [-0.1, -0.05) is 27.9 Å². The van der Waals surface area contributed by atoms with E-state index in [2.05, 4.69) is 53.8 Å². The third-order valence-electron chi connectivity index (χ3n) is 2.07. The second-order valence-corrected chi connectivity index (χ2v) is 3.99. The fraction of sp³-hybridized carbons (Fsp3) is 0.333. The van der Waals surface area contributed by atoms with E-state index in [-0.39, 0.29) is 0 Å². The van der Waals surface area contributed by atoms with Crippen LogP contribution in [-0.2, 0) is 6.42 Å². The van der Waals surface area contributed by atoms with Crippen molar-refractivity contribution in [2.45, 2.75) is 27.2 Å². The Morgan fingerprint density at radius 2 is 1.92 bits per heavy atom. The van der Waals surface area contributed by atoms with Gasteiger partial charge in [0, 0.05) is 10.9 Å². The van der Waals surface area contributed by atoms with Crippen molar-refractivity contribution in [1.82, 2.24) is 0 Å². The first kappa shape index (κ1) is 10.3. The van der Waals surface area contributed by atoms with Crippen LogP contribution in [-0.4, -0.2) is 0 Å². The molecule has 0 aliphatic carbocycles. The lowest BCUT2D eigenvalue weighted by atomic mass is 10.0. The van der Waals surface area contributed by atoms with Gasteiger partial charge >= 0.3 is 0 Å². The minimum absolute atomic E-state index is 0.848. The first-order chi connectivity index (χ1) is 6.15. The zero-order valence-corrected chi connectivity index (χ0v) is 9.83. The van der Waals surface area contributed by atoms with Gasteiger partial charge in [0.15, 0.2) is 0 Å². The standard InChI is InChI=1S/C12H13Br/c1-4-5-6-11-8-12(13)10(3)7-9(11)2/h7-8H,6H2,1-3H3. The molecular formula is C12H13Br. The van der Waals surface area contributed by atoms with Gasteiger partial charge in [0.25, 0.3) is 0 Å². The summed E-state index contributed by atoms with van der Waals surface area (Å²) in [6.45, 7) is 6.11. The van der Waals surface area contributed by atoms with Crippen LogP contribution >= 0.6 is 15.9 Å². The number of halogens is 1. The average molecular weight is 237 g/mol. The number of benzene rings is 1. The van der Waals surface area contributed by atoms with Crippen molar-refractivity contribution < 1.29 is 0 Å². The second kappa shape index (κ2) is 4.48. The predicted octanol–water partition coefficient (Wildman–Crippen LogP) is 3.63. The van der Waals surface area contributed by atoms with Gasteiger partial charge in [-0.25, -0.2) is 0 Å². The topological polar surface area (TPSA) is 0 Å². The van der Waals surface area contributed by atoms with Gasteiger partial charge in [0.05, 0.1) is 0 Å². The molecule has 0 aromatic heterocycles. The molecule has 68 valence electrons. The fourth-order valence-corrected chi connectivity index (χ4v) is 1.63. The molecule has 0 amide bonds. The number of rotatable bonds is 1. The molecule has 0 bridgehead atoms. The van der Waals surface area contributed by atoms with E-state index in [0.29, 0.717) is 0 Å². The van der Waals surface area contributed by atoms with Crippen LogP contribution in [0.1, 0.15) is 23.6 Å². The van der Waals surface area contributed by atoms with Gasteiger partial charge in [0.1, 0.15) is 0 Å². The summed E-state index contributed by atoms with van der Waals surface area (Å²) < 4.78 is 1.17. The van der Waals surface area contributed by atoms with E-state index in [4.69, 9.17) is 0 Å². The Bertz CT molecular complexity index is 367. The summed E-state index contributed by atoms with van der Waals surface area (Å²) in [6, 6.07) is 4.35. The van der Waals surface area contributed by atoms with Crippen LogP contribution in [0.2, 0.25) is 0 Å². The van der Waals surface area contributed by atoms with Crippen LogP contribution in [0, 0.1) is 25.7 Å². The molecule has 0 nitrogen and oxygen atoms in total. The zero-order valence-electron chi connectivity index (χ0n) is 8.24. The summed E-state index contributed by atoms with van der Waals surface area (Å²) in [6.07, 6.45) is 0.848. The lowest BCUT2D eigenvalue weighted by Crippen LogP contribution is -1.89. The molecule has 0 unspecified atom stereocenters. The first-order valence-corrected chi connectivity index (χ1v) is 5.09. The Labute approximate surface area is 88.5 Å². The summed E-state index contributed by atoms with van der Waals surface area (Å²) in [4.78, 5) is 0. The number of hydrogen-bond donors (Lipinski definition) is 0. The largest absolute Gasteiger partial charge is 0.106 e. The van der Waals surface area contributed by atoms with Gasteiger partial charge < -0.3 is 0 Å². The predicted molar refractivity (Wildman–Crippen MR) is 60.8 cm³/mol. The van der Waals surface area contributed by atoms with E-state index in [9.17, 15) is 0 Å². The summed E-state index contributed by atoms with van der Waals surface area (Å²) >= 11 is 3.52. The molecule has 0 atom stereocenters. The molecule has 0 aliphatic heterocycles. The van der Waals surface area contributed by atoms with E-state index in [1.165, 1.54) is 21.2 Å². The van der Waals surface area contributed by atoms with Crippen LogP contribution in [0.15, 0.2) is 16.6 Å². The molecule has 0 N–H and O–H groups in total. The summed E-state index contributed by atoms with van der Waals surface area (Å²) in [5.41, 5.74) is 3.92. The molecule has 0 heterocycles. The summed E-state index contributed by atoms with van der Waals surface area (Å²) in [5, 5.41) is 0. The van der Waals surface area contributed by atoms with Crippen LogP contribution in [0.4, 0.5) is 0 Å². The van der Waals surface area contributed by atoms with Crippen LogP contribution in [0.25, 0.3) is 0 Å². The van der Waals surface area contributed by atoms with Crippen molar-refractivity contribution in [3.05, 3.63) is 33.3 Å². The molecule has 0 saturated carbocycles. The normalized spacial score (nSPS) is 9.23. The monoisotopic (exact) mass is 236 g/mol. The Kier molecular flexibility index (Phi) is 3.57. The van der Waals surface area contributed by atoms with Crippen molar-refractivity contribution in [2.24, 2.45) is 0 Å². The minimum atomic E-state index is 0.848. The Balaban J connectivity index is 3.05. The maximum atomic E-state index is 3.52. The Hall–Kier alpha value is -0.740. The molecule has 0 saturated heterocycles. The molecular weight excluding hydrogens is 224 g/mol. The second-order valence-electron chi connectivity index (χ2n) is 3.13. The maximum Gasteiger partial charge on any atom is 0.0343 e. The lowest BCUT2D eigenvalue weighted by molar-refractivity contribution is 1.21. The first-order valence-electron chi connectivity index (χ1n) is 4.30. The van der Waals surface area contributed by atoms with Crippen LogP contribution in [0.5, 0.6) is 0 Å². The maximum absolute atomic E-state index is 3.52. The van der Waals surface area contributed by atoms with E-state index < -0.39 is 0 Å². The fourth-order valence-electron chi connectivity index (χ4n) is 1.24. The van der Waals surface area contributed by atoms with Crippen molar-refractivity contribution in [3.63, 3.8) is 0 Å². The van der Waals surface area contributed by atoms with Crippen molar-refractivity contribution in [2.75, 3.05) is 0 Å². The van der Waals surface area contributed by atoms with Gasteiger partial charge in [-0.15, -0.1) is 5.92 Å². The molecule has 1 heteroatoms. The van der Waals surface area contributed by atoms with Gasteiger partial charge in [-0.3, -0.25) is 0 Å². The quantitative estimate of drug-likeness (QED) is 0.654. The van der Waals surface area contributed by atoms with Crippen molar-refractivity contribution in [3.8, 4) is 11.8 Å².